The van der Waals surface area contributed by atoms with Gasteiger partial charge in [-0.1, -0.05) is 20.8 Å². The van der Waals surface area contributed by atoms with Crippen molar-refractivity contribution in [3.05, 3.63) is 0 Å². The highest BCUT2D eigenvalue weighted by atomic mass is 32.2. The molecule has 0 aromatic carbocycles. The first-order valence-electron chi connectivity index (χ1n) is 9.81. The summed E-state index contributed by atoms with van der Waals surface area (Å²) < 4.78 is 5.22. The van der Waals surface area contributed by atoms with E-state index in [1.807, 2.05) is 44.3 Å². The molecule has 2 rings (SSSR count). The molecule has 0 aliphatic carbocycles. The molecule has 4 N–H and O–H groups in total. The van der Waals surface area contributed by atoms with Crippen LogP contribution in [0.3, 0.4) is 0 Å². The zero-order valence-electron chi connectivity index (χ0n) is 17.8. The van der Waals surface area contributed by atoms with Crippen molar-refractivity contribution in [3.8, 4) is 0 Å². The van der Waals surface area contributed by atoms with Crippen molar-refractivity contribution < 1.29 is 24.9 Å². The third kappa shape index (κ3) is 6.15. The monoisotopic (exact) mass is 436 g/mol. The summed E-state index contributed by atoms with van der Waals surface area (Å²) in [5.74, 6) is 2.06. The van der Waals surface area contributed by atoms with Crippen LogP contribution in [0.2, 0.25) is 0 Å². The van der Waals surface area contributed by atoms with E-state index in [2.05, 4.69) is 5.32 Å². The fourth-order valence-electron chi connectivity index (χ4n) is 3.65. The minimum absolute atomic E-state index is 0.151. The molecule has 2 heterocycles. The van der Waals surface area contributed by atoms with Gasteiger partial charge in [-0.25, -0.2) is 4.79 Å². The third-order valence-corrected chi connectivity index (χ3v) is 8.31. The predicted octanol–water partition coefficient (Wildman–Crippen LogP) is 2.20. The summed E-state index contributed by atoms with van der Waals surface area (Å²) in [5.41, 5.74) is -1.11. The number of nitrogens with one attached hydrogen (secondary N) is 1. The summed E-state index contributed by atoms with van der Waals surface area (Å²) in [6.07, 6.45) is -1.50. The molecule has 0 saturated carbocycles. The highest BCUT2D eigenvalue weighted by Crippen LogP contribution is 2.51. The second kappa shape index (κ2) is 8.89. The Hall–Kier alpha value is -0.190. The molecule has 3 atom stereocenters. The molecule has 2 saturated heterocycles. The molecule has 3 unspecified atom stereocenters. The van der Waals surface area contributed by atoms with Crippen molar-refractivity contribution in [2.75, 3.05) is 18.1 Å². The van der Waals surface area contributed by atoms with Crippen LogP contribution in [0.5, 0.6) is 0 Å². The van der Waals surface area contributed by atoms with Crippen molar-refractivity contribution in [1.29, 1.82) is 0 Å². The van der Waals surface area contributed by atoms with Crippen molar-refractivity contribution in [1.82, 2.24) is 10.2 Å². The van der Waals surface area contributed by atoms with Gasteiger partial charge < -0.3 is 25.4 Å². The molecule has 0 aromatic heterocycles. The van der Waals surface area contributed by atoms with Crippen LogP contribution in [0.1, 0.15) is 54.4 Å². The molecule has 28 heavy (non-hydrogen) atoms. The predicted molar refractivity (Wildman–Crippen MR) is 114 cm³/mol. The number of rotatable bonds is 4. The van der Waals surface area contributed by atoms with Crippen molar-refractivity contribution in [2.45, 2.75) is 88.7 Å². The molecule has 2 fully saturated rings. The molecule has 0 radical (unpaired) electrons. The molecule has 7 nitrogen and oxygen atoms in total. The van der Waals surface area contributed by atoms with Gasteiger partial charge in [0.1, 0.15) is 11.8 Å². The van der Waals surface area contributed by atoms with Gasteiger partial charge in [0.15, 0.2) is 6.29 Å². The SMILES string of the molecule is CC(C)(C)OC(=O)NC(C(O)N1CC2(CC1C(O)O)SCCCS2)C(C)(C)C. The Kier molecular flexibility index (Phi) is 7.65. The Balaban J connectivity index is 2.21. The average molecular weight is 437 g/mol. The van der Waals surface area contributed by atoms with E-state index in [9.17, 15) is 20.1 Å². The normalized spacial score (nSPS) is 25.7. The summed E-state index contributed by atoms with van der Waals surface area (Å²) in [5, 5.41) is 34.0. The lowest BCUT2D eigenvalue weighted by molar-refractivity contribution is -0.137. The molecule has 2 aliphatic rings. The van der Waals surface area contributed by atoms with Crippen LogP contribution in [0.25, 0.3) is 0 Å². The number of alkyl carbamates (subject to hydrolysis) is 1. The number of likely N-dealkylation sites (tertiary alicyclic amines) is 1. The Bertz CT molecular complexity index is 541. The van der Waals surface area contributed by atoms with Gasteiger partial charge in [0.25, 0.3) is 0 Å². The van der Waals surface area contributed by atoms with Gasteiger partial charge in [0, 0.05) is 6.54 Å². The fourth-order valence-corrected chi connectivity index (χ4v) is 7.05. The zero-order chi connectivity index (χ0) is 21.3. The molecular formula is C19H36N2O5S2. The van der Waals surface area contributed by atoms with E-state index in [-0.39, 0.29) is 4.08 Å². The number of carbonyl (C=O) groups is 1. The Morgan fingerprint density at radius 1 is 1.14 bits per heavy atom. The molecule has 1 amide bonds. The van der Waals surface area contributed by atoms with Crippen LogP contribution >= 0.6 is 23.5 Å². The number of amides is 1. The highest BCUT2D eigenvalue weighted by Gasteiger charge is 2.52. The second-order valence-corrected chi connectivity index (χ2v) is 12.9. The van der Waals surface area contributed by atoms with Gasteiger partial charge in [0.05, 0.1) is 16.2 Å². The smallest absolute Gasteiger partial charge is 0.408 e. The van der Waals surface area contributed by atoms with Crippen molar-refractivity contribution >= 4 is 29.6 Å². The van der Waals surface area contributed by atoms with E-state index in [4.69, 9.17) is 4.74 Å². The highest BCUT2D eigenvalue weighted by molar-refractivity contribution is 8.18. The lowest BCUT2D eigenvalue weighted by Crippen LogP contribution is -2.60. The quantitative estimate of drug-likeness (QED) is 0.498. The topological polar surface area (TPSA) is 102 Å². The first-order valence-corrected chi connectivity index (χ1v) is 11.8. The molecule has 2 aliphatic heterocycles. The van der Waals surface area contributed by atoms with Crippen LogP contribution in [0, 0.1) is 5.41 Å². The van der Waals surface area contributed by atoms with E-state index in [0.29, 0.717) is 13.0 Å². The molecule has 164 valence electrons. The molecule has 1 spiro atoms. The number of aliphatic hydroxyl groups is 3. The number of hydrogen-bond donors (Lipinski definition) is 4. The van der Waals surface area contributed by atoms with Crippen LogP contribution in [-0.2, 0) is 4.74 Å². The maximum absolute atomic E-state index is 12.4. The minimum atomic E-state index is -1.56. The van der Waals surface area contributed by atoms with Gasteiger partial charge in [0.2, 0.25) is 0 Å². The molecule has 0 aromatic rings. The maximum Gasteiger partial charge on any atom is 0.408 e. The minimum Gasteiger partial charge on any atom is -0.444 e. The zero-order valence-corrected chi connectivity index (χ0v) is 19.4. The van der Waals surface area contributed by atoms with Crippen LogP contribution in [0.15, 0.2) is 0 Å². The molecule has 9 heteroatoms. The number of aliphatic hydroxyl groups excluding tert-OH is 2. The number of thioether (sulfide) groups is 2. The summed E-state index contributed by atoms with van der Waals surface area (Å²) in [6, 6.07) is -1.23. The van der Waals surface area contributed by atoms with Gasteiger partial charge in [-0.3, -0.25) is 4.90 Å². The fraction of sp³-hybridized carbons (Fsp3) is 0.947. The average Bonchev–Trinajstić information content (AvgIpc) is 2.89. The van der Waals surface area contributed by atoms with Gasteiger partial charge in [-0.05, 0) is 50.5 Å². The summed E-state index contributed by atoms with van der Waals surface area (Å²) in [4.78, 5) is 14.1. The lowest BCUT2D eigenvalue weighted by Gasteiger charge is -2.41. The maximum atomic E-state index is 12.4. The van der Waals surface area contributed by atoms with Gasteiger partial charge in [-0.2, -0.15) is 0 Å². The number of carbonyl (C=O) groups excluding carboxylic acids is 1. The lowest BCUT2D eigenvalue weighted by atomic mass is 9.85. The first kappa shape index (κ1) is 24.1. The van der Waals surface area contributed by atoms with E-state index in [0.717, 1.165) is 17.9 Å². The van der Waals surface area contributed by atoms with E-state index in [1.54, 1.807) is 25.7 Å². The summed E-state index contributed by atoms with van der Waals surface area (Å²) >= 11 is 3.66. The van der Waals surface area contributed by atoms with Crippen molar-refractivity contribution in [3.63, 3.8) is 0 Å². The van der Waals surface area contributed by atoms with E-state index >= 15 is 0 Å². The van der Waals surface area contributed by atoms with E-state index in [1.165, 1.54) is 0 Å². The van der Waals surface area contributed by atoms with Crippen molar-refractivity contribution in [2.24, 2.45) is 5.41 Å². The number of nitrogens with zero attached hydrogens (tertiary/aromatic N) is 1. The Labute approximate surface area is 177 Å². The van der Waals surface area contributed by atoms with Gasteiger partial charge >= 0.3 is 6.09 Å². The molecular weight excluding hydrogens is 400 g/mol. The largest absolute Gasteiger partial charge is 0.444 e. The Morgan fingerprint density at radius 3 is 2.18 bits per heavy atom. The molecule has 0 bridgehead atoms. The van der Waals surface area contributed by atoms with E-state index < -0.39 is 41.7 Å². The second-order valence-electron chi connectivity index (χ2n) is 9.72. The van der Waals surface area contributed by atoms with Gasteiger partial charge in [-0.15, -0.1) is 23.5 Å². The van der Waals surface area contributed by atoms with Crippen LogP contribution in [0.4, 0.5) is 4.79 Å². The standard InChI is InChI=1S/C19H36N2O5S2/c1-17(2,3)13(20-16(25)26-18(4,5)6)14(22)21-11-19(10-12(21)15(23)24)27-8-7-9-28-19/h12-15,22-24H,7-11H2,1-6H3,(H,20,25). The van der Waals surface area contributed by atoms with Crippen LogP contribution in [-0.4, -0.2) is 78.6 Å². The Morgan fingerprint density at radius 2 is 1.71 bits per heavy atom. The number of hydrogen-bond acceptors (Lipinski definition) is 8. The summed E-state index contributed by atoms with van der Waals surface area (Å²) in [7, 11) is 0. The first-order chi connectivity index (χ1) is 12.7. The van der Waals surface area contributed by atoms with Crippen LogP contribution < -0.4 is 5.32 Å². The summed E-state index contributed by atoms with van der Waals surface area (Å²) in [6.45, 7) is 11.7. The third-order valence-electron chi connectivity index (χ3n) is 4.98. The number of ether oxygens (including phenoxy) is 1.